The highest BCUT2D eigenvalue weighted by atomic mass is 16.5. The average Bonchev–Trinajstić information content (AvgIpc) is 2.45. The second-order valence-electron chi connectivity index (χ2n) is 4.78. The molecule has 1 unspecified atom stereocenters. The summed E-state index contributed by atoms with van der Waals surface area (Å²) in [7, 11) is 3.79. The Morgan fingerprint density at radius 3 is 2.64 bits per heavy atom. The lowest BCUT2D eigenvalue weighted by atomic mass is 10.0. The highest BCUT2D eigenvalue weighted by Gasteiger charge is 2.36. The zero-order chi connectivity index (χ0) is 10.6. The maximum atomic E-state index is 5.28. The van der Waals surface area contributed by atoms with Gasteiger partial charge in [0.15, 0.2) is 0 Å². The molecule has 3 heteroatoms. The van der Waals surface area contributed by atoms with Crippen molar-refractivity contribution in [3.63, 3.8) is 0 Å². The topological polar surface area (TPSA) is 24.5 Å². The summed E-state index contributed by atoms with van der Waals surface area (Å²) in [4.78, 5) is 2.58. The first kappa shape index (κ1) is 12.0. The Balaban J connectivity index is 2.57. The fraction of sp³-hybridized carbons (Fsp3) is 1.00. The van der Waals surface area contributed by atoms with Crippen LogP contribution in [0.15, 0.2) is 0 Å². The first-order valence-corrected chi connectivity index (χ1v) is 5.52. The van der Waals surface area contributed by atoms with Crippen LogP contribution in [0.5, 0.6) is 0 Å². The molecule has 0 spiro atoms. The van der Waals surface area contributed by atoms with Gasteiger partial charge in [0, 0.05) is 25.2 Å². The van der Waals surface area contributed by atoms with E-state index >= 15 is 0 Å². The largest absolute Gasteiger partial charge is 0.383 e. The van der Waals surface area contributed by atoms with Crippen molar-refractivity contribution in [2.45, 2.75) is 38.3 Å². The maximum Gasteiger partial charge on any atom is 0.0630 e. The summed E-state index contributed by atoms with van der Waals surface area (Å²) in [5.74, 6) is 0. The van der Waals surface area contributed by atoms with Crippen molar-refractivity contribution in [2.75, 3.05) is 33.9 Å². The number of hydrogen-bond donors (Lipinski definition) is 1. The summed E-state index contributed by atoms with van der Waals surface area (Å²) >= 11 is 0. The van der Waals surface area contributed by atoms with E-state index in [1.807, 2.05) is 7.05 Å². The van der Waals surface area contributed by atoms with E-state index in [4.69, 9.17) is 4.74 Å². The molecule has 1 heterocycles. The number of likely N-dealkylation sites (tertiary alicyclic amines) is 1. The highest BCUT2D eigenvalue weighted by Crippen LogP contribution is 2.30. The molecule has 0 aliphatic carbocycles. The van der Waals surface area contributed by atoms with Crippen molar-refractivity contribution in [2.24, 2.45) is 0 Å². The molecule has 0 aromatic rings. The lowest BCUT2D eigenvalue weighted by Crippen LogP contribution is -2.51. The summed E-state index contributed by atoms with van der Waals surface area (Å²) in [6.45, 7) is 7.71. The van der Waals surface area contributed by atoms with E-state index in [2.05, 4.69) is 24.1 Å². The van der Waals surface area contributed by atoms with Crippen LogP contribution in [0.3, 0.4) is 0 Å². The molecule has 1 saturated heterocycles. The predicted molar refractivity (Wildman–Crippen MR) is 59.6 cm³/mol. The Morgan fingerprint density at radius 1 is 1.50 bits per heavy atom. The Kier molecular flexibility index (Phi) is 4.35. The average molecular weight is 200 g/mol. The first-order chi connectivity index (χ1) is 6.61. The predicted octanol–water partition coefficient (Wildman–Crippen LogP) is 1.10. The molecule has 1 fully saturated rings. The summed E-state index contributed by atoms with van der Waals surface area (Å²) in [5, 5.41) is 3.25. The Bertz CT molecular complexity index is 165. The molecule has 1 aliphatic rings. The molecule has 14 heavy (non-hydrogen) atoms. The van der Waals surface area contributed by atoms with Gasteiger partial charge in [-0.15, -0.1) is 0 Å². The van der Waals surface area contributed by atoms with Gasteiger partial charge in [0.2, 0.25) is 0 Å². The van der Waals surface area contributed by atoms with E-state index in [0.717, 1.165) is 13.2 Å². The first-order valence-electron chi connectivity index (χ1n) is 5.52. The van der Waals surface area contributed by atoms with Gasteiger partial charge in [0.25, 0.3) is 0 Å². The van der Waals surface area contributed by atoms with Gasteiger partial charge in [-0.25, -0.2) is 0 Å². The van der Waals surface area contributed by atoms with Gasteiger partial charge in [0.05, 0.1) is 6.61 Å². The van der Waals surface area contributed by atoms with Crippen LogP contribution in [0.4, 0.5) is 0 Å². The highest BCUT2D eigenvalue weighted by molar-refractivity contribution is 4.92. The van der Waals surface area contributed by atoms with Crippen molar-refractivity contribution < 1.29 is 4.74 Å². The van der Waals surface area contributed by atoms with E-state index in [1.54, 1.807) is 7.11 Å². The third-order valence-electron chi connectivity index (χ3n) is 3.20. The van der Waals surface area contributed by atoms with Crippen LogP contribution < -0.4 is 5.32 Å². The molecule has 1 aliphatic heterocycles. The van der Waals surface area contributed by atoms with Crippen LogP contribution >= 0.6 is 0 Å². The summed E-state index contributed by atoms with van der Waals surface area (Å²) in [6.07, 6.45) is 2.62. The van der Waals surface area contributed by atoms with E-state index < -0.39 is 0 Å². The normalized spacial score (nSPS) is 24.0. The van der Waals surface area contributed by atoms with Crippen molar-refractivity contribution in [1.29, 1.82) is 0 Å². The van der Waals surface area contributed by atoms with Crippen LogP contribution in [-0.2, 0) is 4.74 Å². The van der Waals surface area contributed by atoms with E-state index in [9.17, 15) is 0 Å². The Morgan fingerprint density at radius 2 is 2.21 bits per heavy atom. The van der Waals surface area contributed by atoms with Crippen molar-refractivity contribution >= 4 is 0 Å². The molecule has 0 aromatic carbocycles. The number of likely N-dealkylation sites (N-methyl/N-ethyl adjacent to an activating group) is 1. The maximum absolute atomic E-state index is 5.28. The fourth-order valence-electron chi connectivity index (χ4n) is 2.49. The minimum atomic E-state index is 0.347. The van der Waals surface area contributed by atoms with Gasteiger partial charge in [-0.2, -0.15) is 0 Å². The molecular weight excluding hydrogens is 176 g/mol. The van der Waals surface area contributed by atoms with Gasteiger partial charge in [0.1, 0.15) is 0 Å². The Hall–Kier alpha value is -0.120. The molecule has 0 bridgehead atoms. The standard InChI is InChI=1S/C11H24N2O/c1-11(2)6-5-7-13(11)10(8-12-3)9-14-4/h10,12H,5-9H2,1-4H3. The molecule has 0 aromatic heterocycles. The van der Waals surface area contributed by atoms with Gasteiger partial charge in [-0.3, -0.25) is 4.90 Å². The zero-order valence-electron chi connectivity index (χ0n) is 9.97. The third-order valence-corrected chi connectivity index (χ3v) is 3.20. The van der Waals surface area contributed by atoms with Crippen LogP contribution in [0.1, 0.15) is 26.7 Å². The van der Waals surface area contributed by atoms with Crippen molar-refractivity contribution in [1.82, 2.24) is 10.2 Å². The Labute approximate surface area is 87.8 Å². The van der Waals surface area contributed by atoms with Gasteiger partial charge >= 0.3 is 0 Å². The monoisotopic (exact) mass is 200 g/mol. The number of ether oxygens (including phenoxy) is 1. The van der Waals surface area contributed by atoms with Crippen LogP contribution in [-0.4, -0.2) is 50.3 Å². The molecule has 3 nitrogen and oxygen atoms in total. The zero-order valence-corrected chi connectivity index (χ0v) is 9.97. The molecule has 1 rings (SSSR count). The molecule has 84 valence electrons. The number of nitrogens with one attached hydrogen (secondary N) is 1. The fourth-order valence-corrected chi connectivity index (χ4v) is 2.49. The van der Waals surface area contributed by atoms with Crippen LogP contribution in [0.2, 0.25) is 0 Å². The van der Waals surface area contributed by atoms with E-state index in [0.29, 0.717) is 11.6 Å². The third kappa shape index (κ3) is 2.69. The molecular formula is C11H24N2O. The molecule has 0 saturated carbocycles. The second-order valence-corrected chi connectivity index (χ2v) is 4.78. The summed E-state index contributed by atoms with van der Waals surface area (Å²) in [5.41, 5.74) is 0.347. The SMILES string of the molecule is CNCC(COC)N1CCCC1(C)C. The van der Waals surface area contributed by atoms with Crippen LogP contribution in [0.25, 0.3) is 0 Å². The van der Waals surface area contributed by atoms with Crippen molar-refractivity contribution in [3.8, 4) is 0 Å². The smallest absolute Gasteiger partial charge is 0.0630 e. The lowest BCUT2D eigenvalue weighted by molar-refractivity contribution is 0.0517. The molecule has 0 radical (unpaired) electrons. The number of methoxy groups -OCH3 is 1. The molecule has 1 N–H and O–H groups in total. The lowest BCUT2D eigenvalue weighted by Gasteiger charge is -2.38. The minimum Gasteiger partial charge on any atom is -0.383 e. The van der Waals surface area contributed by atoms with E-state index in [1.165, 1.54) is 19.4 Å². The minimum absolute atomic E-state index is 0.347. The molecule has 0 amide bonds. The van der Waals surface area contributed by atoms with Gasteiger partial charge < -0.3 is 10.1 Å². The number of nitrogens with zero attached hydrogens (tertiary/aromatic N) is 1. The van der Waals surface area contributed by atoms with Crippen LogP contribution in [0, 0.1) is 0 Å². The second kappa shape index (κ2) is 5.10. The quantitative estimate of drug-likeness (QED) is 0.719. The van der Waals surface area contributed by atoms with Gasteiger partial charge in [-0.1, -0.05) is 0 Å². The van der Waals surface area contributed by atoms with E-state index in [-0.39, 0.29) is 0 Å². The number of hydrogen-bond acceptors (Lipinski definition) is 3. The summed E-state index contributed by atoms with van der Waals surface area (Å²) < 4.78 is 5.28. The van der Waals surface area contributed by atoms with Gasteiger partial charge in [-0.05, 0) is 40.3 Å². The van der Waals surface area contributed by atoms with Crippen molar-refractivity contribution in [3.05, 3.63) is 0 Å². The summed E-state index contributed by atoms with van der Waals surface area (Å²) in [6, 6.07) is 0.516. The number of rotatable bonds is 5. The molecule has 1 atom stereocenters.